The van der Waals surface area contributed by atoms with Crippen molar-refractivity contribution in [1.29, 1.82) is 0 Å². The smallest absolute Gasteiger partial charge is 0.0521 e. The summed E-state index contributed by atoms with van der Waals surface area (Å²) in [6.07, 6.45) is 5.23. The zero-order chi connectivity index (χ0) is 10.8. The third kappa shape index (κ3) is 6.28. The van der Waals surface area contributed by atoms with Crippen LogP contribution in [-0.2, 0) is 0 Å². The second-order valence-corrected chi connectivity index (χ2v) is 4.52. The summed E-state index contributed by atoms with van der Waals surface area (Å²) in [6, 6.07) is 0. The van der Waals surface area contributed by atoms with Crippen molar-refractivity contribution in [3.8, 4) is 0 Å². The molecule has 0 radical (unpaired) electrons. The molecule has 0 fully saturated rings. The fourth-order valence-electron chi connectivity index (χ4n) is 1.30. The highest BCUT2D eigenvalue weighted by atomic mass is 32.2. The molecule has 0 heterocycles. The third-order valence-electron chi connectivity index (χ3n) is 2.31. The molecule has 82 valence electrons. The van der Waals surface area contributed by atoms with Gasteiger partial charge in [-0.3, -0.25) is 0 Å². The van der Waals surface area contributed by atoms with E-state index in [0.717, 1.165) is 30.8 Å². The first kappa shape index (κ1) is 13.8. The standard InChI is InChI=1S/C12H22OS/c1-4-6-7-12(11(3)5-2)10-14-9-8-13/h4,12-13H,1,3,5-10H2,2H3. The Hall–Kier alpha value is -0.210. The summed E-state index contributed by atoms with van der Waals surface area (Å²) in [4.78, 5) is 0. The van der Waals surface area contributed by atoms with Gasteiger partial charge in [-0.25, -0.2) is 0 Å². The van der Waals surface area contributed by atoms with E-state index < -0.39 is 0 Å². The Morgan fingerprint density at radius 1 is 1.57 bits per heavy atom. The molecule has 0 amide bonds. The van der Waals surface area contributed by atoms with E-state index in [1.807, 2.05) is 17.8 Å². The second-order valence-electron chi connectivity index (χ2n) is 3.37. The van der Waals surface area contributed by atoms with Crippen LogP contribution in [0.15, 0.2) is 24.8 Å². The topological polar surface area (TPSA) is 20.2 Å². The summed E-state index contributed by atoms with van der Waals surface area (Å²) in [7, 11) is 0. The maximum atomic E-state index is 8.69. The van der Waals surface area contributed by atoms with Crippen molar-refractivity contribution >= 4 is 11.8 Å². The molecule has 0 aliphatic carbocycles. The van der Waals surface area contributed by atoms with Gasteiger partial charge in [-0.05, 0) is 30.9 Å². The highest BCUT2D eigenvalue weighted by Crippen LogP contribution is 2.23. The lowest BCUT2D eigenvalue weighted by molar-refractivity contribution is 0.322. The fourth-order valence-corrected chi connectivity index (χ4v) is 2.29. The summed E-state index contributed by atoms with van der Waals surface area (Å²) < 4.78 is 0. The quantitative estimate of drug-likeness (QED) is 0.469. The van der Waals surface area contributed by atoms with Crippen LogP contribution in [0.5, 0.6) is 0 Å². The molecule has 2 heteroatoms. The molecule has 1 atom stereocenters. The summed E-state index contributed by atoms with van der Waals surface area (Å²) in [5.41, 5.74) is 1.33. The lowest BCUT2D eigenvalue weighted by Gasteiger charge is -2.17. The molecular weight excluding hydrogens is 192 g/mol. The van der Waals surface area contributed by atoms with Gasteiger partial charge >= 0.3 is 0 Å². The number of aliphatic hydroxyl groups is 1. The van der Waals surface area contributed by atoms with E-state index in [-0.39, 0.29) is 6.61 Å². The monoisotopic (exact) mass is 214 g/mol. The fraction of sp³-hybridized carbons (Fsp3) is 0.667. The second kappa shape index (κ2) is 9.35. The molecule has 1 unspecified atom stereocenters. The van der Waals surface area contributed by atoms with Crippen LogP contribution in [-0.4, -0.2) is 23.2 Å². The molecule has 14 heavy (non-hydrogen) atoms. The minimum Gasteiger partial charge on any atom is -0.396 e. The first-order chi connectivity index (χ1) is 6.76. The zero-order valence-corrected chi connectivity index (χ0v) is 9.98. The molecular formula is C12H22OS. The van der Waals surface area contributed by atoms with Crippen LogP contribution in [0.1, 0.15) is 26.2 Å². The average molecular weight is 214 g/mol. The number of allylic oxidation sites excluding steroid dienone is 2. The van der Waals surface area contributed by atoms with Crippen LogP contribution < -0.4 is 0 Å². The molecule has 0 saturated carbocycles. The van der Waals surface area contributed by atoms with E-state index in [2.05, 4.69) is 20.1 Å². The predicted molar refractivity (Wildman–Crippen MR) is 66.8 cm³/mol. The maximum absolute atomic E-state index is 8.69. The summed E-state index contributed by atoms with van der Waals surface area (Å²) in [5, 5.41) is 8.69. The van der Waals surface area contributed by atoms with Gasteiger partial charge in [-0.2, -0.15) is 11.8 Å². The molecule has 0 bridgehead atoms. The average Bonchev–Trinajstić information content (AvgIpc) is 2.22. The minimum absolute atomic E-state index is 0.275. The van der Waals surface area contributed by atoms with Crippen molar-refractivity contribution < 1.29 is 5.11 Å². The Morgan fingerprint density at radius 3 is 2.79 bits per heavy atom. The van der Waals surface area contributed by atoms with Gasteiger partial charge in [0.1, 0.15) is 0 Å². The predicted octanol–water partition coefficient (Wildman–Crippen LogP) is 3.26. The number of hydrogen-bond donors (Lipinski definition) is 1. The Kier molecular flexibility index (Phi) is 9.21. The highest BCUT2D eigenvalue weighted by Gasteiger charge is 2.10. The van der Waals surface area contributed by atoms with Gasteiger partial charge in [0.2, 0.25) is 0 Å². The Labute approximate surface area is 92.3 Å². The normalized spacial score (nSPS) is 12.4. The van der Waals surface area contributed by atoms with E-state index >= 15 is 0 Å². The number of thioether (sulfide) groups is 1. The van der Waals surface area contributed by atoms with E-state index in [4.69, 9.17) is 5.11 Å². The van der Waals surface area contributed by atoms with Crippen LogP contribution in [0.3, 0.4) is 0 Å². The SMILES string of the molecule is C=CCCC(CSCCO)C(=C)CC. The first-order valence-corrected chi connectivity index (χ1v) is 6.38. The molecule has 0 aromatic heterocycles. The van der Waals surface area contributed by atoms with Crippen LogP contribution >= 0.6 is 11.8 Å². The maximum Gasteiger partial charge on any atom is 0.0521 e. The van der Waals surface area contributed by atoms with Gasteiger partial charge in [-0.15, -0.1) is 6.58 Å². The largest absolute Gasteiger partial charge is 0.396 e. The lowest BCUT2D eigenvalue weighted by atomic mass is 9.95. The van der Waals surface area contributed by atoms with Crippen molar-refractivity contribution in [1.82, 2.24) is 0 Å². The van der Waals surface area contributed by atoms with Crippen molar-refractivity contribution in [2.45, 2.75) is 26.2 Å². The van der Waals surface area contributed by atoms with Gasteiger partial charge in [0, 0.05) is 5.75 Å². The Bertz CT molecular complexity index is 166. The Morgan fingerprint density at radius 2 is 2.29 bits per heavy atom. The van der Waals surface area contributed by atoms with E-state index in [9.17, 15) is 0 Å². The van der Waals surface area contributed by atoms with E-state index in [0.29, 0.717) is 5.92 Å². The van der Waals surface area contributed by atoms with Gasteiger partial charge in [0.15, 0.2) is 0 Å². The Balaban J connectivity index is 3.83. The van der Waals surface area contributed by atoms with Crippen molar-refractivity contribution in [3.63, 3.8) is 0 Å². The number of hydrogen-bond acceptors (Lipinski definition) is 2. The lowest BCUT2D eigenvalue weighted by Crippen LogP contribution is -2.07. The summed E-state index contributed by atoms with van der Waals surface area (Å²) in [5.74, 6) is 2.51. The van der Waals surface area contributed by atoms with Gasteiger partial charge in [-0.1, -0.05) is 25.2 Å². The van der Waals surface area contributed by atoms with Crippen molar-refractivity contribution in [2.24, 2.45) is 5.92 Å². The van der Waals surface area contributed by atoms with Gasteiger partial charge in [0.05, 0.1) is 6.61 Å². The molecule has 0 rings (SSSR count). The molecule has 0 aromatic carbocycles. The van der Waals surface area contributed by atoms with Gasteiger partial charge in [0.25, 0.3) is 0 Å². The third-order valence-corrected chi connectivity index (χ3v) is 3.41. The van der Waals surface area contributed by atoms with E-state index in [1.54, 1.807) is 0 Å². The van der Waals surface area contributed by atoms with E-state index in [1.165, 1.54) is 5.57 Å². The van der Waals surface area contributed by atoms with Crippen LogP contribution in [0, 0.1) is 5.92 Å². The number of aliphatic hydroxyl groups excluding tert-OH is 1. The minimum atomic E-state index is 0.275. The summed E-state index contributed by atoms with van der Waals surface area (Å²) in [6.45, 7) is 10.3. The molecule has 0 aromatic rings. The van der Waals surface area contributed by atoms with Gasteiger partial charge < -0.3 is 5.11 Å². The zero-order valence-electron chi connectivity index (χ0n) is 9.17. The number of rotatable bonds is 9. The highest BCUT2D eigenvalue weighted by molar-refractivity contribution is 7.99. The summed E-state index contributed by atoms with van der Waals surface area (Å²) >= 11 is 1.81. The van der Waals surface area contributed by atoms with Crippen molar-refractivity contribution in [3.05, 3.63) is 24.8 Å². The molecule has 0 aliphatic heterocycles. The molecule has 0 spiro atoms. The van der Waals surface area contributed by atoms with Crippen LogP contribution in [0.25, 0.3) is 0 Å². The molecule has 0 saturated heterocycles. The van der Waals surface area contributed by atoms with Crippen LogP contribution in [0.2, 0.25) is 0 Å². The van der Waals surface area contributed by atoms with Crippen molar-refractivity contribution in [2.75, 3.05) is 18.1 Å². The first-order valence-electron chi connectivity index (χ1n) is 5.23. The molecule has 1 nitrogen and oxygen atoms in total. The molecule has 0 aliphatic rings. The van der Waals surface area contributed by atoms with Crippen LogP contribution in [0.4, 0.5) is 0 Å². The molecule has 1 N–H and O–H groups in total.